The lowest BCUT2D eigenvalue weighted by Crippen LogP contribution is -2.46. The Balaban J connectivity index is 1.86. The maximum Gasteiger partial charge on any atom is 0.326 e. The number of hydrogen-bond acceptors (Lipinski definition) is 7. The molecule has 0 unspecified atom stereocenters. The molecule has 0 spiro atoms. The third-order valence-electron chi connectivity index (χ3n) is 4.04. The summed E-state index contributed by atoms with van der Waals surface area (Å²) in [6.45, 7) is 1.79. The van der Waals surface area contributed by atoms with Crippen molar-refractivity contribution in [1.29, 1.82) is 0 Å². The van der Waals surface area contributed by atoms with Gasteiger partial charge in [0.1, 0.15) is 6.04 Å². The highest BCUT2D eigenvalue weighted by molar-refractivity contribution is 5.82. The van der Waals surface area contributed by atoms with Crippen LogP contribution >= 0.6 is 0 Å². The molecule has 0 aliphatic rings. The maximum atomic E-state index is 12.1. The number of aromatic nitrogens is 2. The minimum absolute atomic E-state index is 0.0865. The van der Waals surface area contributed by atoms with Crippen LogP contribution < -0.4 is 22.1 Å². The van der Waals surface area contributed by atoms with Crippen LogP contribution in [0.3, 0.4) is 0 Å². The molecular formula is C18H24N6O5. The molecule has 0 radical (unpaired) electrons. The molecule has 0 saturated carbocycles. The average Bonchev–Trinajstić information content (AvgIpc) is 3.13. The summed E-state index contributed by atoms with van der Waals surface area (Å²) in [5.74, 6) is -1.36. The van der Waals surface area contributed by atoms with Crippen LogP contribution in [0.5, 0.6) is 0 Å². The number of rotatable bonds is 10. The van der Waals surface area contributed by atoms with E-state index in [0.717, 1.165) is 11.1 Å². The largest absolute Gasteiger partial charge is 0.480 e. The molecule has 156 valence electrons. The first-order valence-corrected chi connectivity index (χ1v) is 8.93. The van der Waals surface area contributed by atoms with Crippen LogP contribution in [0.25, 0.3) is 0 Å². The topological polar surface area (TPSA) is 186 Å². The van der Waals surface area contributed by atoms with E-state index in [0.29, 0.717) is 0 Å². The lowest BCUT2D eigenvalue weighted by Gasteiger charge is -2.15. The van der Waals surface area contributed by atoms with E-state index in [1.54, 1.807) is 6.07 Å². The fourth-order valence-electron chi connectivity index (χ4n) is 2.56. The van der Waals surface area contributed by atoms with Crippen LogP contribution in [-0.4, -0.2) is 39.2 Å². The number of primary amides is 1. The summed E-state index contributed by atoms with van der Waals surface area (Å²) in [6, 6.07) is 4.96. The third-order valence-corrected chi connectivity index (χ3v) is 4.04. The van der Waals surface area contributed by atoms with Crippen molar-refractivity contribution in [2.75, 3.05) is 0 Å². The summed E-state index contributed by atoms with van der Waals surface area (Å²) in [5, 5.41) is 17.9. The van der Waals surface area contributed by atoms with Crippen molar-refractivity contribution in [2.45, 2.75) is 44.8 Å². The summed E-state index contributed by atoms with van der Waals surface area (Å²) in [4.78, 5) is 38.3. The lowest BCUT2D eigenvalue weighted by atomic mass is 10.0. The van der Waals surface area contributed by atoms with Gasteiger partial charge in [-0.2, -0.15) is 4.98 Å². The Morgan fingerprint density at radius 2 is 2.07 bits per heavy atom. The summed E-state index contributed by atoms with van der Waals surface area (Å²) >= 11 is 0. The Morgan fingerprint density at radius 1 is 1.31 bits per heavy atom. The number of amides is 3. The van der Waals surface area contributed by atoms with Crippen molar-refractivity contribution < 1.29 is 24.0 Å². The van der Waals surface area contributed by atoms with Crippen LogP contribution in [0.4, 0.5) is 4.79 Å². The molecule has 2 aromatic rings. The molecule has 1 aromatic heterocycles. The Kier molecular flexibility index (Phi) is 7.66. The number of nitrogens with one attached hydrogen (secondary N) is 2. The van der Waals surface area contributed by atoms with Crippen LogP contribution in [0, 0.1) is 6.92 Å². The molecule has 1 heterocycles. The monoisotopic (exact) mass is 404 g/mol. The van der Waals surface area contributed by atoms with Gasteiger partial charge in [-0.15, -0.1) is 0 Å². The first-order chi connectivity index (χ1) is 13.7. The van der Waals surface area contributed by atoms with E-state index in [4.69, 9.17) is 16.0 Å². The smallest absolute Gasteiger partial charge is 0.326 e. The highest BCUT2D eigenvalue weighted by Crippen LogP contribution is 2.12. The number of nitrogens with zero attached hydrogens (tertiary/aromatic N) is 2. The standard InChI is InChI=1S/C18H24N6O5/c1-10-3-2-4-11(7-10)8-13(17(26)27)22-18(28)21-9-15-23-16(24-29-15)12(19)5-6-14(20)25/h2-4,7,12-13H,5-6,8-9,19H2,1H3,(H2,20,25)(H,26,27)(H2,21,22,28)/t12-,13-/m0/s1. The lowest BCUT2D eigenvalue weighted by molar-refractivity contribution is -0.139. The van der Waals surface area contributed by atoms with Gasteiger partial charge in [0.05, 0.1) is 12.6 Å². The average molecular weight is 404 g/mol. The van der Waals surface area contributed by atoms with E-state index in [1.807, 2.05) is 25.1 Å². The molecule has 3 amide bonds. The Morgan fingerprint density at radius 3 is 2.72 bits per heavy atom. The van der Waals surface area contributed by atoms with E-state index in [9.17, 15) is 19.5 Å². The van der Waals surface area contributed by atoms with Crippen molar-refractivity contribution in [2.24, 2.45) is 11.5 Å². The van der Waals surface area contributed by atoms with E-state index < -0.39 is 30.0 Å². The first kappa shape index (κ1) is 21.8. The molecule has 0 aliphatic heterocycles. The van der Waals surface area contributed by atoms with Gasteiger partial charge in [0.2, 0.25) is 11.8 Å². The van der Waals surface area contributed by atoms with Crippen molar-refractivity contribution in [3.8, 4) is 0 Å². The van der Waals surface area contributed by atoms with E-state index in [-0.39, 0.29) is 37.5 Å². The van der Waals surface area contributed by atoms with Gasteiger partial charge in [-0.1, -0.05) is 35.0 Å². The number of carboxylic acids is 1. The molecular weight excluding hydrogens is 380 g/mol. The molecule has 0 aliphatic carbocycles. The van der Waals surface area contributed by atoms with Crippen LogP contribution in [0.15, 0.2) is 28.8 Å². The van der Waals surface area contributed by atoms with Crippen molar-refractivity contribution in [3.63, 3.8) is 0 Å². The van der Waals surface area contributed by atoms with Gasteiger partial charge in [-0.3, -0.25) is 4.79 Å². The quantitative estimate of drug-likeness (QED) is 0.370. The Labute approximate surface area is 166 Å². The highest BCUT2D eigenvalue weighted by Gasteiger charge is 2.21. The summed E-state index contributed by atoms with van der Waals surface area (Å²) < 4.78 is 4.99. The summed E-state index contributed by atoms with van der Waals surface area (Å²) in [6.07, 6.45) is 0.495. The molecule has 11 nitrogen and oxygen atoms in total. The van der Waals surface area contributed by atoms with E-state index in [1.165, 1.54) is 0 Å². The minimum atomic E-state index is -1.15. The minimum Gasteiger partial charge on any atom is -0.480 e. The number of carbonyl (C=O) groups excluding carboxylic acids is 2. The zero-order valence-electron chi connectivity index (χ0n) is 15.9. The number of aryl methyl sites for hydroxylation is 1. The zero-order valence-corrected chi connectivity index (χ0v) is 15.9. The number of hydrogen-bond donors (Lipinski definition) is 5. The Bertz CT molecular complexity index is 868. The van der Waals surface area contributed by atoms with Gasteiger partial charge in [-0.25, -0.2) is 9.59 Å². The molecule has 2 rings (SSSR count). The number of carboxylic acid groups (broad SMARTS) is 1. The van der Waals surface area contributed by atoms with Crippen molar-refractivity contribution in [1.82, 2.24) is 20.8 Å². The molecule has 7 N–H and O–H groups in total. The molecule has 0 fully saturated rings. The molecule has 0 bridgehead atoms. The molecule has 2 atom stereocenters. The zero-order chi connectivity index (χ0) is 21.4. The second-order valence-corrected chi connectivity index (χ2v) is 6.57. The van der Waals surface area contributed by atoms with Crippen LogP contribution in [-0.2, 0) is 22.6 Å². The highest BCUT2D eigenvalue weighted by atomic mass is 16.5. The van der Waals surface area contributed by atoms with Crippen LogP contribution in [0.1, 0.15) is 41.7 Å². The SMILES string of the molecule is Cc1cccc(C[C@H](NC(=O)NCc2nc([C@@H](N)CCC(N)=O)no2)C(=O)O)c1. The van der Waals surface area contributed by atoms with Gasteiger partial charge < -0.3 is 31.7 Å². The van der Waals surface area contributed by atoms with E-state index in [2.05, 4.69) is 20.8 Å². The Hall–Kier alpha value is -3.47. The predicted octanol–water partition coefficient (Wildman–Crippen LogP) is 0.138. The fourth-order valence-corrected chi connectivity index (χ4v) is 2.56. The van der Waals surface area contributed by atoms with Gasteiger partial charge in [0, 0.05) is 12.8 Å². The van der Waals surface area contributed by atoms with E-state index >= 15 is 0 Å². The number of benzene rings is 1. The molecule has 1 aromatic carbocycles. The molecule has 0 saturated heterocycles. The van der Waals surface area contributed by atoms with Gasteiger partial charge in [-0.05, 0) is 18.9 Å². The number of urea groups is 1. The number of nitrogens with two attached hydrogens (primary N) is 2. The van der Waals surface area contributed by atoms with Crippen molar-refractivity contribution >= 4 is 17.9 Å². The van der Waals surface area contributed by atoms with Gasteiger partial charge in [0.15, 0.2) is 5.82 Å². The normalized spacial score (nSPS) is 12.8. The van der Waals surface area contributed by atoms with Crippen molar-refractivity contribution in [3.05, 3.63) is 47.1 Å². The molecule has 29 heavy (non-hydrogen) atoms. The molecule has 11 heteroatoms. The number of aliphatic carboxylic acids is 1. The fraction of sp³-hybridized carbons (Fsp3) is 0.389. The van der Waals surface area contributed by atoms with Crippen LogP contribution in [0.2, 0.25) is 0 Å². The van der Waals surface area contributed by atoms with Gasteiger partial charge >= 0.3 is 12.0 Å². The predicted molar refractivity (Wildman–Crippen MR) is 101 cm³/mol. The maximum absolute atomic E-state index is 12.1. The summed E-state index contributed by atoms with van der Waals surface area (Å²) in [5.41, 5.74) is 12.7. The third kappa shape index (κ3) is 7.22. The second kappa shape index (κ2) is 10.2. The summed E-state index contributed by atoms with van der Waals surface area (Å²) in [7, 11) is 0. The van der Waals surface area contributed by atoms with Gasteiger partial charge in [0.25, 0.3) is 0 Å². The number of carbonyl (C=O) groups is 3. The second-order valence-electron chi connectivity index (χ2n) is 6.57. The first-order valence-electron chi connectivity index (χ1n) is 8.93.